The highest BCUT2D eigenvalue weighted by Gasteiger charge is 2.44. The van der Waals surface area contributed by atoms with E-state index >= 15 is 8.42 Å². The van der Waals surface area contributed by atoms with Crippen LogP contribution >= 0.6 is 34.5 Å². The van der Waals surface area contributed by atoms with Crippen LogP contribution in [0.3, 0.4) is 0 Å². The van der Waals surface area contributed by atoms with Crippen molar-refractivity contribution in [2.24, 2.45) is 5.41 Å². The number of benzene rings is 5. The van der Waals surface area contributed by atoms with Gasteiger partial charge in [-0.25, -0.2) is 18.2 Å². The molecule has 72 heavy (non-hydrogen) atoms. The molecule has 2 amide bonds. The van der Waals surface area contributed by atoms with Crippen LogP contribution in [0.4, 0.5) is 5.13 Å². The number of halogens is 2. The van der Waals surface area contributed by atoms with Crippen LogP contribution in [0, 0.1) is 23.7 Å². The zero-order valence-corrected chi connectivity index (χ0v) is 43.7. The third-order valence-corrected chi connectivity index (χ3v) is 16.2. The first kappa shape index (κ1) is 51.9. The van der Waals surface area contributed by atoms with Gasteiger partial charge in [-0.2, -0.15) is 9.57 Å². The van der Waals surface area contributed by atoms with Gasteiger partial charge in [-0.1, -0.05) is 98.6 Å². The summed E-state index contributed by atoms with van der Waals surface area (Å²) in [6, 6.07) is 30.4. The van der Waals surface area contributed by atoms with Gasteiger partial charge in [-0.3, -0.25) is 14.5 Å². The smallest absolute Gasteiger partial charge is 0.328 e. The van der Waals surface area contributed by atoms with Gasteiger partial charge < -0.3 is 24.3 Å². The van der Waals surface area contributed by atoms with Gasteiger partial charge in [-0.05, 0) is 113 Å². The highest BCUT2D eigenvalue weighted by molar-refractivity contribution is 7.89. The molecule has 1 N–H and O–H groups in total. The zero-order valence-electron chi connectivity index (χ0n) is 40.5. The summed E-state index contributed by atoms with van der Waals surface area (Å²) in [5.41, 5.74) is 5.82. The molecule has 18 heteroatoms. The number of nitriles is 1. The van der Waals surface area contributed by atoms with Crippen molar-refractivity contribution in [3.8, 4) is 34.4 Å². The van der Waals surface area contributed by atoms with E-state index in [1.165, 1.54) is 18.9 Å². The van der Waals surface area contributed by atoms with E-state index in [1.54, 1.807) is 43.3 Å². The van der Waals surface area contributed by atoms with Gasteiger partial charge in [0, 0.05) is 31.3 Å². The Kier molecular flexibility index (Phi) is 15.6. The molecule has 0 spiro atoms. The number of esters is 1. The zero-order chi connectivity index (χ0) is 51.5. The van der Waals surface area contributed by atoms with E-state index in [0.29, 0.717) is 67.4 Å². The molecule has 6 aromatic rings. The van der Waals surface area contributed by atoms with Crippen LogP contribution in [-0.2, 0) is 55.1 Å². The summed E-state index contributed by atoms with van der Waals surface area (Å²) in [6.07, 6.45) is 0.0837. The van der Waals surface area contributed by atoms with Gasteiger partial charge in [0.05, 0.1) is 28.8 Å². The third-order valence-electron chi connectivity index (χ3n) is 12.5. The second-order valence-corrected chi connectivity index (χ2v) is 22.7. The van der Waals surface area contributed by atoms with Crippen molar-refractivity contribution in [1.82, 2.24) is 14.6 Å². The summed E-state index contributed by atoms with van der Waals surface area (Å²) in [6.45, 7) is 9.73. The summed E-state index contributed by atoms with van der Waals surface area (Å²) in [4.78, 5) is 47.5. The predicted octanol–water partition coefficient (Wildman–Crippen LogP) is 10.2. The maximum atomic E-state index is 15.1. The minimum atomic E-state index is -4.57. The SMILES string of the molecule is COC(=O)[C@H](Cc1ccc(-c2ccc(C#N)cc2)cc1)NC(=O)C1Cc2cc3c(cc2CN1S(=O)(=O)c1nc(N(CCC(C)(C)C)C(C)=O)sc1C)O[C@@H](c1ccc(OCc2ccc(Cl)c(Cl)c2)cc1)CO3. The number of nitrogens with one attached hydrogen (secondary N) is 1. The van der Waals surface area contributed by atoms with E-state index in [9.17, 15) is 19.6 Å². The van der Waals surface area contributed by atoms with E-state index in [1.807, 2.05) is 66.7 Å². The van der Waals surface area contributed by atoms with Crippen molar-refractivity contribution in [3.63, 3.8) is 0 Å². The fourth-order valence-corrected chi connectivity index (χ4v) is 11.7. The molecule has 1 aromatic heterocycles. The van der Waals surface area contributed by atoms with Crippen molar-refractivity contribution in [2.45, 2.75) is 90.2 Å². The first-order valence-electron chi connectivity index (χ1n) is 23.2. The molecule has 8 rings (SSSR count). The molecule has 0 aliphatic carbocycles. The number of aromatic nitrogens is 1. The Bertz CT molecular complexity index is 3150. The van der Waals surface area contributed by atoms with Crippen LogP contribution in [0.25, 0.3) is 11.1 Å². The van der Waals surface area contributed by atoms with Crippen LogP contribution < -0.4 is 24.4 Å². The Morgan fingerprint density at radius 2 is 1.60 bits per heavy atom. The second kappa shape index (κ2) is 21.7. The number of hydrogen-bond donors (Lipinski definition) is 1. The topological polar surface area (TPSA) is 177 Å². The Labute approximate surface area is 433 Å². The lowest BCUT2D eigenvalue weighted by atomic mass is 9.92. The average molecular weight is 1050 g/mol. The predicted molar refractivity (Wildman–Crippen MR) is 276 cm³/mol. The van der Waals surface area contributed by atoms with E-state index in [2.05, 4.69) is 37.1 Å². The number of carbonyl (C=O) groups is 3. The van der Waals surface area contributed by atoms with Crippen LogP contribution in [0.1, 0.15) is 78.5 Å². The maximum Gasteiger partial charge on any atom is 0.328 e. The van der Waals surface area contributed by atoms with Gasteiger partial charge >= 0.3 is 5.97 Å². The largest absolute Gasteiger partial charge is 0.489 e. The number of fused-ring (bicyclic) bond motifs is 2. The quantitative estimate of drug-likeness (QED) is 0.0968. The first-order valence-corrected chi connectivity index (χ1v) is 26.2. The van der Waals surface area contributed by atoms with Gasteiger partial charge in [0.1, 0.15) is 31.0 Å². The molecule has 3 atom stereocenters. The lowest BCUT2D eigenvalue weighted by molar-refractivity contribution is -0.145. The lowest BCUT2D eigenvalue weighted by Crippen LogP contribution is -2.56. The second-order valence-electron chi connectivity index (χ2n) is 18.9. The van der Waals surface area contributed by atoms with Crippen LogP contribution in [0.5, 0.6) is 17.2 Å². The van der Waals surface area contributed by atoms with Crippen molar-refractivity contribution in [2.75, 3.05) is 25.2 Å². The summed E-state index contributed by atoms with van der Waals surface area (Å²) in [7, 11) is -3.35. The number of amides is 2. The molecule has 0 saturated heterocycles. The number of sulfonamides is 1. The standard InChI is InChI=1S/C54H53Cl2N5O9S2/c1-32-51(59-53(71-32)60(33(2)62)22-21-54(3,4)5)72(65,66)61-29-41-27-48-47(69-31-49(70-48)39-16-18-42(19-17-39)68-30-36-11-20-43(55)44(56)23-36)26-40(41)25-46(61)50(63)58-45(52(64)67-6)24-34-7-12-37(13-8-34)38-14-9-35(28-57)10-15-38/h7-20,23,26-27,45-46,49H,21-22,24-25,29-31H2,1-6H3,(H,58,63)/t45-,46?,49+/m0/s1. The Balaban J connectivity index is 1.07. The van der Waals surface area contributed by atoms with Gasteiger partial charge in [-0.15, -0.1) is 11.3 Å². The summed E-state index contributed by atoms with van der Waals surface area (Å²) in [5, 5.41) is 12.9. The normalized spacial score (nSPS) is 15.9. The molecule has 0 bridgehead atoms. The molecular formula is C54H53Cl2N5O9S2. The molecule has 2 aliphatic heterocycles. The fraction of sp³-hybridized carbons (Fsp3) is 0.315. The van der Waals surface area contributed by atoms with E-state index in [4.69, 9.17) is 42.1 Å². The molecular weight excluding hydrogens is 998 g/mol. The van der Waals surface area contributed by atoms with Crippen molar-refractivity contribution in [1.29, 1.82) is 5.26 Å². The number of methoxy groups -OCH3 is 1. The monoisotopic (exact) mass is 1050 g/mol. The van der Waals surface area contributed by atoms with E-state index in [0.717, 1.165) is 37.9 Å². The maximum absolute atomic E-state index is 15.1. The number of rotatable bonds is 15. The van der Waals surface area contributed by atoms with Crippen molar-refractivity contribution >= 4 is 67.5 Å². The summed E-state index contributed by atoms with van der Waals surface area (Å²) >= 11 is 13.3. The van der Waals surface area contributed by atoms with Crippen molar-refractivity contribution in [3.05, 3.63) is 151 Å². The highest BCUT2D eigenvalue weighted by Crippen LogP contribution is 2.43. The fourth-order valence-electron chi connectivity index (χ4n) is 8.42. The summed E-state index contributed by atoms with van der Waals surface area (Å²) in [5.74, 6) is -0.276. The number of nitrogens with zero attached hydrogens (tertiary/aromatic N) is 4. The number of ether oxygens (including phenoxy) is 4. The van der Waals surface area contributed by atoms with Crippen LogP contribution in [-0.4, -0.2) is 67.8 Å². The van der Waals surface area contributed by atoms with Gasteiger partial charge in [0.15, 0.2) is 27.8 Å². The van der Waals surface area contributed by atoms with Gasteiger partial charge in [0.2, 0.25) is 11.8 Å². The minimum Gasteiger partial charge on any atom is -0.489 e. The molecule has 3 heterocycles. The lowest BCUT2D eigenvalue weighted by Gasteiger charge is -2.36. The molecule has 1 unspecified atom stereocenters. The number of aryl methyl sites for hydroxylation is 1. The first-order chi connectivity index (χ1) is 34.3. The Morgan fingerprint density at radius 1 is 0.931 bits per heavy atom. The molecule has 0 saturated carbocycles. The van der Waals surface area contributed by atoms with E-state index < -0.39 is 40.1 Å². The molecule has 5 aromatic carbocycles. The molecule has 14 nitrogen and oxygen atoms in total. The Hall–Kier alpha value is -6.48. The summed E-state index contributed by atoms with van der Waals surface area (Å²) < 4.78 is 55.3. The Morgan fingerprint density at radius 3 is 2.24 bits per heavy atom. The molecule has 0 fully saturated rings. The molecule has 0 radical (unpaired) electrons. The van der Waals surface area contributed by atoms with Crippen molar-refractivity contribution < 1.29 is 41.7 Å². The number of anilines is 1. The number of hydrogen-bond acceptors (Lipinski definition) is 12. The third kappa shape index (κ3) is 11.9. The van der Waals surface area contributed by atoms with Crippen LogP contribution in [0.2, 0.25) is 10.0 Å². The molecule has 2 aliphatic rings. The van der Waals surface area contributed by atoms with E-state index in [-0.39, 0.29) is 54.1 Å². The average Bonchev–Trinajstić information content (AvgIpc) is 3.76. The number of carbonyl (C=O) groups excluding carboxylic acids is 3. The van der Waals surface area contributed by atoms with Crippen LogP contribution in [0.15, 0.2) is 108 Å². The number of thiazole rings is 1. The minimum absolute atomic E-state index is 0.0421. The van der Waals surface area contributed by atoms with Gasteiger partial charge in [0.25, 0.3) is 10.0 Å². The highest BCUT2D eigenvalue weighted by atomic mass is 35.5. The molecule has 374 valence electrons.